The van der Waals surface area contributed by atoms with Gasteiger partial charge in [-0.3, -0.25) is 14.9 Å². The van der Waals surface area contributed by atoms with E-state index in [0.29, 0.717) is 17.1 Å². The number of benzene rings is 1. The number of aromatic nitrogens is 1. The van der Waals surface area contributed by atoms with E-state index >= 15 is 0 Å². The van der Waals surface area contributed by atoms with Crippen LogP contribution in [0.5, 0.6) is 0 Å². The largest absolute Gasteiger partial charge is 0.373 e. The molecule has 0 bridgehead atoms. The molecule has 20 heavy (non-hydrogen) atoms. The van der Waals surface area contributed by atoms with Crippen molar-refractivity contribution in [1.82, 2.24) is 4.98 Å². The monoisotopic (exact) mass is 272 g/mol. The Morgan fingerprint density at radius 2 is 1.95 bits per heavy atom. The van der Waals surface area contributed by atoms with Crippen LogP contribution in [-0.4, -0.2) is 22.9 Å². The van der Waals surface area contributed by atoms with Gasteiger partial charge in [0.25, 0.3) is 11.6 Å². The van der Waals surface area contributed by atoms with Gasteiger partial charge in [-0.05, 0) is 24.3 Å². The molecule has 2 aromatic rings. The number of nitrogens with zero attached hydrogens (tertiary/aromatic N) is 2. The molecular formula is C13H12N4O3. The molecule has 0 aliphatic heterocycles. The van der Waals surface area contributed by atoms with Crippen molar-refractivity contribution >= 4 is 23.1 Å². The van der Waals surface area contributed by atoms with Crippen LogP contribution in [0.1, 0.15) is 10.4 Å². The average Bonchev–Trinajstić information content (AvgIpc) is 2.47. The number of nitro benzene ring substituents is 1. The minimum Gasteiger partial charge on any atom is -0.373 e. The minimum absolute atomic E-state index is 0.0237. The Balaban J connectivity index is 2.12. The molecule has 1 aromatic heterocycles. The molecule has 0 saturated carbocycles. The van der Waals surface area contributed by atoms with Crippen LogP contribution in [0.3, 0.4) is 0 Å². The molecule has 0 atom stereocenters. The van der Waals surface area contributed by atoms with Gasteiger partial charge in [0.1, 0.15) is 5.82 Å². The number of rotatable bonds is 4. The Bertz CT molecular complexity index is 640. The van der Waals surface area contributed by atoms with Crippen LogP contribution < -0.4 is 10.6 Å². The van der Waals surface area contributed by atoms with Gasteiger partial charge in [0.05, 0.1) is 4.92 Å². The number of nitro groups is 1. The fourth-order valence-electron chi connectivity index (χ4n) is 1.58. The first-order valence-electron chi connectivity index (χ1n) is 5.80. The van der Waals surface area contributed by atoms with Gasteiger partial charge >= 0.3 is 0 Å². The van der Waals surface area contributed by atoms with E-state index in [4.69, 9.17) is 0 Å². The molecule has 2 rings (SSSR count). The molecule has 0 aliphatic rings. The van der Waals surface area contributed by atoms with Gasteiger partial charge in [-0.25, -0.2) is 4.98 Å². The molecule has 102 valence electrons. The summed E-state index contributed by atoms with van der Waals surface area (Å²) in [5.74, 6) is 0.277. The van der Waals surface area contributed by atoms with Gasteiger partial charge in [0, 0.05) is 36.6 Å². The summed E-state index contributed by atoms with van der Waals surface area (Å²) in [5.41, 5.74) is 0.913. The van der Waals surface area contributed by atoms with E-state index < -0.39 is 4.92 Å². The lowest BCUT2D eigenvalue weighted by atomic mass is 10.2. The second kappa shape index (κ2) is 5.79. The second-order valence-corrected chi connectivity index (χ2v) is 3.94. The van der Waals surface area contributed by atoms with Crippen LogP contribution in [0.4, 0.5) is 17.2 Å². The Kier molecular flexibility index (Phi) is 3.90. The van der Waals surface area contributed by atoms with Gasteiger partial charge < -0.3 is 10.6 Å². The third kappa shape index (κ3) is 3.08. The highest BCUT2D eigenvalue weighted by Gasteiger charge is 2.09. The smallest absolute Gasteiger partial charge is 0.269 e. The second-order valence-electron chi connectivity index (χ2n) is 3.94. The fraction of sp³-hybridized carbons (Fsp3) is 0.0769. The zero-order valence-corrected chi connectivity index (χ0v) is 10.7. The maximum absolute atomic E-state index is 12.0. The number of hydrogen-bond acceptors (Lipinski definition) is 5. The molecule has 0 radical (unpaired) electrons. The predicted octanol–water partition coefficient (Wildman–Crippen LogP) is 2.28. The lowest BCUT2D eigenvalue weighted by Gasteiger charge is -2.06. The quantitative estimate of drug-likeness (QED) is 0.657. The van der Waals surface area contributed by atoms with Gasteiger partial charge in [0.2, 0.25) is 0 Å². The Hall–Kier alpha value is -2.96. The summed E-state index contributed by atoms with van der Waals surface area (Å²) in [6, 6.07) is 8.83. The van der Waals surface area contributed by atoms with Crippen LogP contribution in [-0.2, 0) is 0 Å². The molecule has 0 saturated heterocycles. The molecule has 1 heterocycles. The van der Waals surface area contributed by atoms with Crippen molar-refractivity contribution in [3.8, 4) is 0 Å². The molecule has 2 N–H and O–H groups in total. The van der Waals surface area contributed by atoms with E-state index in [1.165, 1.54) is 30.5 Å². The maximum Gasteiger partial charge on any atom is 0.269 e. The highest BCUT2D eigenvalue weighted by molar-refractivity contribution is 6.04. The first-order valence-corrected chi connectivity index (χ1v) is 5.80. The molecule has 1 amide bonds. The van der Waals surface area contributed by atoms with E-state index in [-0.39, 0.29) is 11.6 Å². The summed E-state index contributed by atoms with van der Waals surface area (Å²) in [6.45, 7) is 0. The summed E-state index contributed by atoms with van der Waals surface area (Å²) in [5, 5.41) is 16.0. The van der Waals surface area contributed by atoms with Crippen molar-refractivity contribution in [1.29, 1.82) is 0 Å². The topological polar surface area (TPSA) is 97.2 Å². The third-order valence-corrected chi connectivity index (χ3v) is 2.61. The van der Waals surface area contributed by atoms with Crippen LogP contribution in [0.25, 0.3) is 0 Å². The van der Waals surface area contributed by atoms with Gasteiger partial charge in [0.15, 0.2) is 0 Å². The highest BCUT2D eigenvalue weighted by Crippen LogP contribution is 2.16. The van der Waals surface area contributed by atoms with Crippen LogP contribution in [0, 0.1) is 10.1 Å². The minimum atomic E-state index is -0.492. The van der Waals surface area contributed by atoms with Crippen molar-refractivity contribution in [3.05, 3.63) is 58.3 Å². The number of anilines is 2. The zero-order chi connectivity index (χ0) is 14.5. The zero-order valence-electron chi connectivity index (χ0n) is 10.7. The lowest BCUT2D eigenvalue weighted by molar-refractivity contribution is -0.384. The standard InChI is InChI=1S/C13H12N4O3/c1-14-12-8-9(6-7-15-12)13(18)16-10-2-4-11(5-3-10)17(19)20/h2-8H,1H3,(H,14,15)(H,16,18). The first-order chi connectivity index (χ1) is 9.60. The molecule has 7 heteroatoms. The fourth-order valence-corrected chi connectivity index (χ4v) is 1.58. The summed E-state index contributed by atoms with van der Waals surface area (Å²) >= 11 is 0. The van der Waals surface area contributed by atoms with E-state index in [0.717, 1.165) is 0 Å². The number of nitrogens with one attached hydrogen (secondary N) is 2. The number of carbonyl (C=O) groups excluding carboxylic acids is 1. The Morgan fingerprint density at radius 3 is 2.55 bits per heavy atom. The summed E-state index contributed by atoms with van der Waals surface area (Å²) < 4.78 is 0. The number of pyridine rings is 1. The highest BCUT2D eigenvalue weighted by atomic mass is 16.6. The lowest BCUT2D eigenvalue weighted by Crippen LogP contribution is -2.12. The van der Waals surface area contributed by atoms with Gasteiger partial charge in [-0.2, -0.15) is 0 Å². The van der Waals surface area contributed by atoms with Crippen LogP contribution in [0.2, 0.25) is 0 Å². The van der Waals surface area contributed by atoms with E-state index in [1.54, 1.807) is 19.2 Å². The number of hydrogen-bond donors (Lipinski definition) is 2. The average molecular weight is 272 g/mol. The number of amides is 1. The Labute approximate surface area is 114 Å². The molecule has 0 fully saturated rings. The maximum atomic E-state index is 12.0. The molecular weight excluding hydrogens is 260 g/mol. The molecule has 7 nitrogen and oxygen atoms in total. The summed E-state index contributed by atoms with van der Waals surface area (Å²) in [4.78, 5) is 26.1. The SMILES string of the molecule is CNc1cc(C(=O)Nc2ccc([N+](=O)[O-])cc2)ccn1. The summed E-state index contributed by atoms with van der Waals surface area (Å²) in [6.07, 6.45) is 1.52. The van der Waals surface area contributed by atoms with E-state index in [9.17, 15) is 14.9 Å². The first kappa shape index (κ1) is 13.5. The van der Waals surface area contributed by atoms with Crippen molar-refractivity contribution in [2.24, 2.45) is 0 Å². The van der Waals surface area contributed by atoms with Crippen LogP contribution >= 0.6 is 0 Å². The normalized spacial score (nSPS) is 9.85. The number of carbonyl (C=O) groups is 1. The Morgan fingerprint density at radius 1 is 1.25 bits per heavy atom. The predicted molar refractivity (Wildman–Crippen MR) is 74.8 cm³/mol. The van der Waals surface area contributed by atoms with Crippen molar-refractivity contribution in [2.45, 2.75) is 0 Å². The summed E-state index contributed by atoms with van der Waals surface area (Å²) in [7, 11) is 1.71. The van der Waals surface area contributed by atoms with Crippen LogP contribution in [0.15, 0.2) is 42.6 Å². The van der Waals surface area contributed by atoms with Crippen molar-refractivity contribution < 1.29 is 9.72 Å². The van der Waals surface area contributed by atoms with Crippen molar-refractivity contribution in [3.63, 3.8) is 0 Å². The van der Waals surface area contributed by atoms with Gasteiger partial charge in [-0.15, -0.1) is 0 Å². The van der Waals surface area contributed by atoms with E-state index in [2.05, 4.69) is 15.6 Å². The molecule has 0 spiro atoms. The van der Waals surface area contributed by atoms with Gasteiger partial charge in [-0.1, -0.05) is 0 Å². The molecule has 0 aliphatic carbocycles. The molecule has 1 aromatic carbocycles. The van der Waals surface area contributed by atoms with E-state index in [1.807, 2.05) is 0 Å². The van der Waals surface area contributed by atoms with Crippen molar-refractivity contribution in [2.75, 3.05) is 17.7 Å². The molecule has 0 unspecified atom stereocenters. The third-order valence-electron chi connectivity index (χ3n) is 2.61. The number of non-ortho nitro benzene ring substituents is 1.